The van der Waals surface area contributed by atoms with Crippen LogP contribution in [0.1, 0.15) is 13.3 Å². The van der Waals surface area contributed by atoms with Crippen LogP contribution in [0.5, 0.6) is 0 Å². The molecule has 5 heteroatoms. The zero-order valence-corrected chi connectivity index (χ0v) is 8.37. The maximum Gasteiger partial charge on any atom is 0.204 e. The summed E-state index contributed by atoms with van der Waals surface area (Å²) in [4.78, 5) is 6.33. The van der Waals surface area contributed by atoms with Crippen LogP contribution in [0.25, 0.3) is 0 Å². The van der Waals surface area contributed by atoms with Crippen molar-refractivity contribution in [2.75, 3.05) is 18.0 Å². The van der Waals surface area contributed by atoms with Gasteiger partial charge in [-0.15, -0.1) is 0 Å². The molecule has 0 aliphatic carbocycles. The topological polar surface area (TPSA) is 49.2 Å². The highest BCUT2D eigenvalue weighted by Crippen LogP contribution is 2.25. The molecule has 2 unspecified atom stereocenters. The summed E-state index contributed by atoms with van der Waals surface area (Å²) in [5.74, 6) is 0.392. The Kier molecular flexibility index (Phi) is 2.46. The molecule has 1 aromatic heterocycles. The highest BCUT2D eigenvalue weighted by atomic mass is 32.1. The van der Waals surface area contributed by atoms with Crippen LogP contribution < -0.4 is 4.90 Å². The fourth-order valence-corrected chi connectivity index (χ4v) is 2.23. The first-order valence-electron chi connectivity index (χ1n) is 4.47. The molecule has 1 fully saturated rings. The molecular formula is C8H13N3OS. The van der Waals surface area contributed by atoms with Crippen molar-refractivity contribution in [1.29, 1.82) is 0 Å². The second kappa shape index (κ2) is 3.59. The van der Waals surface area contributed by atoms with Gasteiger partial charge in [-0.2, -0.15) is 4.37 Å². The third-order valence-electron chi connectivity index (χ3n) is 2.53. The van der Waals surface area contributed by atoms with E-state index in [0.717, 1.165) is 24.6 Å². The number of aromatic nitrogens is 2. The highest BCUT2D eigenvalue weighted by molar-refractivity contribution is 7.09. The van der Waals surface area contributed by atoms with Gasteiger partial charge >= 0.3 is 0 Å². The predicted molar refractivity (Wildman–Crippen MR) is 51.9 cm³/mol. The van der Waals surface area contributed by atoms with E-state index in [4.69, 9.17) is 0 Å². The van der Waals surface area contributed by atoms with Gasteiger partial charge in [0.25, 0.3) is 0 Å². The second-order valence-corrected chi connectivity index (χ2v) is 4.22. The Morgan fingerprint density at radius 3 is 3.15 bits per heavy atom. The van der Waals surface area contributed by atoms with E-state index in [9.17, 15) is 5.11 Å². The van der Waals surface area contributed by atoms with Crippen LogP contribution in [-0.4, -0.2) is 33.7 Å². The van der Waals surface area contributed by atoms with Crippen molar-refractivity contribution in [2.45, 2.75) is 19.4 Å². The summed E-state index contributed by atoms with van der Waals surface area (Å²) in [5.41, 5.74) is 0. The lowest BCUT2D eigenvalue weighted by Gasteiger charge is -2.15. The Hall–Kier alpha value is -0.680. The van der Waals surface area contributed by atoms with E-state index in [1.54, 1.807) is 6.33 Å². The van der Waals surface area contributed by atoms with Crippen LogP contribution in [0.3, 0.4) is 0 Å². The molecule has 0 radical (unpaired) electrons. The van der Waals surface area contributed by atoms with Crippen molar-refractivity contribution in [1.82, 2.24) is 9.36 Å². The molecule has 1 saturated heterocycles. The van der Waals surface area contributed by atoms with Crippen LogP contribution >= 0.6 is 11.5 Å². The zero-order chi connectivity index (χ0) is 9.26. The fraction of sp³-hybridized carbons (Fsp3) is 0.750. The molecule has 4 nitrogen and oxygen atoms in total. The fourth-order valence-electron chi connectivity index (χ4n) is 1.66. The molecule has 1 aliphatic rings. The van der Waals surface area contributed by atoms with E-state index in [1.807, 2.05) is 6.92 Å². The summed E-state index contributed by atoms with van der Waals surface area (Å²) in [6.45, 7) is 3.76. The van der Waals surface area contributed by atoms with Gasteiger partial charge in [-0.25, -0.2) is 4.98 Å². The van der Waals surface area contributed by atoms with E-state index >= 15 is 0 Å². The number of aliphatic hydroxyl groups is 1. The molecule has 0 aromatic carbocycles. The standard InChI is InChI=1S/C8H13N3OS/c1-6(12)7-2-3-11(4-7)8-9-5-10-13-8/h5-7,12H,2-4H2,1H3. The maximum absolute atomic E-state index is 9.41. The van der Waals surface area contributed by atoms with Gasteiger partial charge in [-0.05, 0) is 13.3 Å². The van der Waals surface area contributed by atoms with Crippen LogP contribution in [-0.2, 0) is 0 Å². The summed E-state index contributed by atoms with van der Waals surface area (Å²) < 4.78 is 3.96. The normalized spacial score (nSPS) is 25.1. The van der Waals surface area contributed by atoms with Crippen molar-refractivity contribution < 1.29 is 5.11 Å². The summed E-state index contributed by atoms with van der Waals surface area (Å²) in [6.07, 6.45) is 2.42. The lowest BCUT2D eigenvalue weighted by molar-refractivity contribution is 0.136. The Balaban J connectivity index is 1.99. The van der Waals surface area contributed by atoms with Gasteiger partial charge in [0.15, 0.2) is 0 Å². The first-order chi connectivity index (χ1) is 6.27. The molecule has 1 aliphatic heterocycles. The molecule has 1 aromatic rings. The van der Waals surface area contributed by atoms with Gasteiger partial charge < -0.3 is 10.0 Å². The third-order valence-corrected chi connectivity index (χ3v) is 3.25. The molecule has 0 amide bonds. The smallest absolute Gasteiger partial charge is 0.204 e. The first kappa shape index (κ1) is 8.90. The molecule has 13 heavy (non-hydrogen) atoms. The van der Waals surface area contributed by atoms with Gasteiger partial charge in [-0.3, -0.25) is 0 Å². The average molecular weight is 199 g/mol. The quantitative estimate of drug-likeness (QED) is 0.763. The number of hydrogen-bond donors (Lipinski definition) is 1. The number of anilines is 1. The van der Waals surface area contributed by atoms with Crippen molar-refractivity contribution in [3.8, 4) is 0 Å². The third kappa shape index (κ3) is 1.81. The summed E-state index contributed by atoms with van der Waals surface area (Å²) in [5, 5.41) is 10.4. The SMILES string of the molecule is CC(O)C1CCN(c2ncns2)C1. The number of aliphatic hydroxyl groups excluding tert-OH is 1. The number of rotatable bonds is 2. The predicted octanol–water partition coefficient (Wildman–Crippen LogP) is 0.745. The lowest BCUT2D eigenvalue weighted by atomic mass is 10.0. The highest BCUT2D eigenvalue weighted by Gasteiger charge is 2.27. The van der Waals surface area contributed by atoms with Crippen LogP contribution in [0.4, 0.5) is 5.13 Å². The van der Waals surface area contributed by atoms with E-state index in [0.29, 0.717) is 5.92 Å². The van der Waals surface area contributed by atoms with E-state index < -0.39 is 0 Å². The molecule has 2 heterocycles. The monoisotopic (exact) mass is 199 g/mol. The minimum Gasteiger partial charge on any atom is -0.393 e. The Morgan fingerprint density at radius 1 is 1.77 bits per heavy atom. The summed E-state index contributed by atoms with van der Waals surface area (Å²) in [7, 11) is 0. The van der Waals surface area contributed by atoms with E-state index in [1.165, 1.54) is 11.5 Å². The molecule has 0 saturated carbocycles. The van der Waals surface area contributed by atoms with Crippen molar-refractivity contribution in [3.05, 3.63) is 6.33 Å². The number of hydrogen-bond acceptors (Lipinski definition) is 5. The summed E-state index contributed by atoms with van der Waals surface area (Å²) >= 11 is 1.42. The van der Waals surface area contributed by atoms with Gasteiger partial charge in [0, 0.05) is 30.5 Å². The Labute approximate surface area is 81.4 Å². The van der Waals surface area contributed by atoms with E-state index in [-0.39, 0.29) is 6.10 Å². The molecule has 0 bridgehead atoms. The van der Waals surface area contributed by atoms with Gasteiger partial charge in [-0.1, -0.05) is 0 Å². The van der Waals surface area contributed by atoms with Gasteiger partial charge in [0.05, 0.1) is 6.10 Å². The number of nitrogens with zero attached hydrogens (tertiary/aromatic N) is 3. The molecule has 0 spiro atoms. The van der Waals surface area contributed by atoms with Crippen molar-refractivity contribution >= 4 is 16.7 Å². The first-order valence-corrected chi connectivity index (χ1v) is 5.24. The molecule has 2 atom stereocenters. The van der Waals surface area contributed by atoms with E-state index in [2.05, 4.69) is 14.3 Å². The molecule has 2 rings (SSSR count). The molecule has 72 valence electrons. The second-order valence-electron chi connectivity index (χ2n) is 3.46. The zero-order valence-electron chi connectivity index (χ0n) is 7.55. The molecular weight excluding hydrogens is 186 g/mol. The van der Waals surface area contributed by atoms with Crippen LogP contribution in [0.15, 0.2) is 6.33 Å². The Morgan fingerprint density at radius 2 is 2.62 bits per heavy atom. The van der Waals surface area contributed by atoms with Gasteiger partial charge in [0.1, 0.15) is 6.33 Å². The van der Waals surface area contributed by atoms with Gasteiger partial charge in [0.2, 0.25) is 5.13 Å². The van der Waals surface area contributed by atoms with Crippen LogP contribution in [0.2, 0.25) is 0 Å². The largest absolute Gasteiger partial charge is 0.393 e. The average Bonchev–Trinajstić information content (AvgIpc) is 2.75. The lowest BCUT2D eigenvalue weighted by Crippen LogP contribution is -2.23. The van der Waals surface area contributed by atoms with Crippen molar-refractivity contribution in [3.63, 3.8) is 0 Å². The van der Waals surface area contributed by atoms with Crippen LogP contribution in [0, 0.1) is 5.92 Å². The minimum atomic E-state index is -0.210. The molecule has 1 N–H and O–H groups in total. The van der Waals surface area contributed by atoms with Crippen molar-refractivity contribution in [2.24, 2.45) is 5.92 Å². The Bertz CT molecular complexity index is 262. The summed E-state index contributed by atoms with van der Waals surface area (Å²) in [6, 6.07) is 0. The minimum absolute atomic E-state index is 0.210. The maximum atomic E-state index is 9.41.